The Labute approximate surface area is 179 Å². The summed E-state index contributed by atoms with van der Waals surface area (Å²) >= 11 is 1.47. The van der Waals surface area contributed by atoms with E-state index in [0.717, 1.165) is 27.1 Å². The fourth-order valence-electron chi connectivity index (χ4n) is 3.10. The van der Waals surface area contributed by atoms with Gasteiger partial charge in [-0.1, -0.05) is 59.9 Å². The van der Waals surface area contributed by atoms with Crippen molar-refractivity contribution in [3.05, 3.63) is 83.9 Å². The van der Waals surface area contributed by atoms with E-state index in [2.05, 4.69) is 0 Å². The second kappa shape index (κ2) is 8.97. The number of aryl methyl sites for hydroxylation is 1. The van der Waals surface area contributed by atoms with Crippen LogP contribution in [-0.2, 0) is 11.3 Å². The highest BCUT2D eigenvalue weighted by atomic mass is 32.1. The number of nitrogens with zero attached hydrogens (tertiary/aromatic N) is 2. The number of ether oxygens (including phenoxy) is 2. The summed E-state index contributed by atoms with van der Waals surface area (Å²) in [5.41, 5.74) is 2.85. The molecule has 0 aliphatic rings. The summed E-state index contributed by atoms with van der Waals surface area (Å²) in [6.45, 7) is 2.33. The predicted octanol–water partition coefficient (Wildman–Crippen LogP) is 5.23. The number of fused-ring (bicyclic) bond motifs is 1. The van der Waals surface area contributed by atoms with E-state index in [-0.39, 0.29) is 12.5 Å². The van der Waals surface area contributed by atoms with E-state index >= 15 is 0 Å². The molecule has 0 N–H and O–H groups in total. The summed E-state index contributed by atoms with van der Waals surface area (Å²) in [5, 5.41) is 0.639. The molecule has 4 rings (SSSR count). The number of anilines is 1. The van der Waals surface area contributed by atoms with Crippen LogP contribution < -0.4 is 14.4 Å². The van der Waals surface area contributed by atoms with E-state index in [9.17, 15) is 4.79 Å². The highest BCUT2D eigenvalue weighted by Crippen LogP contribution is 2.32. The van der Waals surface area contributed by atoms with Gasteiger partial charge in [-0.15, -0.1) is 0 Å². The van der Waals surface area contributed by atoms with Gasteiger partial charge < -0.3 is 9.47 Å². The van der Waals surface area contributed by atoms with Crippen molar-refractivity contribution in [2.24, 2.45) is 0 Å². The number of hydrogen-bond donors (Lipinski definition) is 0. The average Bonchev–Trinajstić information content (AvgIpc) is 3.20. The molecule has 0 aliphatic carbocycles. The van der Waals surface area contributed by atoms with Crippen LogP contribution in [0.15, 0.2) is 72.8 Å². The average molecular weight is 419 g/mol. The van der Waals surface area contributed by atoms with Crippen molar-refractivity contribution in [2.75, 3.05) is 18.6 Å². The highest BCUT2D eigenvalue weighted by molar-refractivity contribution is 7.22. The number of carbonyl (C=O) groups excluding carboxylic acids is 1. The SMILES string of the molecule is COc1ccc2nc(N(Cc3ccccc3)C(=O)COc3ccccc3C)sc2c1. The molecule has 0 atom stereocenters. The summed E-state index contributed by atoms with van der Waals surface area (Å²) in [6.07, 6.45) is 0. The van der Waals surface area contributed by atoms with Gasteiger partial charge >= 0.3 is 0 Å². The lowest BCUT2D eigenvalue weighted by molar-refractivity contribution is -0.120. The van der Waals surface area contributed by atoms with Gasteiger partial charge in [-0.05, 0) is 42.3 Å². The van der Waals surface area contributed by atoms with Gasteiger partial charge in [0, 0.05) is 0 Å². The van der Waals surface area contributed by atoms with E-state index in [4.69, 9.17) is 14.5 Å². The molecular weight excluding hydrogens is 396 g/mol. The monoisotopic (exact) mass is 418 g/mol. The summed E-state index contributed by atoms with van der Waals surface area (Å²) in [7, 11) is 1.64. The first-order chi connectivity index (χ1) is 14.6. The summed E-state index contributed by atoms with van der Waals surface area (Å²) in [6, 6.07) is 23.3. The number of aromatic nitrogens is 1. The molecule has 1 amide bonds. The third-order valence-electron chi connectivity index (χ3n) is 4.74. The fraction of sp³-hybridized carbons (Fsp3) is 0.167. The van der Waals surface area contributed by atoms with Crippen LogP contribution in [0.1, 0.15) is 11.1 Å². The fourth-order valence-corrected chi connectivity index (χ4v) is 4.11. The second-order valence-corrected chi connectivity index (χ2v) is 7.86. The Bertz CT molecular complexity index is 1160. The van der Waals surface area contributed by atoms with Crippen molar-refractivity contribution in [1.82, 2.24) is 4.98 Å². The van der Waals surface area contributed by atoms with E-state index in [1.807, 2.05) is 79.7 Å². The number of para-hydroxylation sites is 1. The molecule has 1 aromatic heterocycles. The maximum absolute atomic E-state index is 13.2. The van der Waals surface area contributed by atoms with Gasteiger partial charge in [0.1, 0.15) is 11.5 Å². The topological polar surface area (TPSA) is 51.7 Å². The first-order valence-electron chi connectivity index (χ1n) is 9.61. The second-order valence-electron chi connectivity index (χ2n) is 6.85. The van der Waals surface area contributed by atoms with Crippen LogP contribution in [0.25, 0.3) is 10.2 Å². The predicted molar refractivity (Wildman–Crippen MR) is 120 cm³/mol. The van der Waals surface area contributed by atoms with E-state index in [0.29, 0.717) is 17.4 Å². The first-order valence-corrected chi connectivity index (χ1v) is 10.4. The summed E-state index contributed by atoms with van der Waals surface area (Å²) < 4.78 is 12.1. The Morgan fingerprint density at radius 1 is 1.03 bits per heavy atom. The molecule has 5 nitrogen and oxygen atoms in total. The third-order valence-corrected chi connectivity index (χ3v) is 5.79. The Morgan fingerprint density at radius 3 is 2.57 bits per heavy atom. The van der Waals surface area contributed by atoms with Crippen LogP contribution >= 0.6 is 11.3 Å². The Hall–Kier alpha value is -3.38. The zero-order valence-corrected chi connectivity index (χ0v) is 17.7. The number of carbonyl (C=O) groups is 1. The lowest BCUT2D eigenvalue weighted by atomic mass is 10.2. The number of hydrogen-bond acceptors (Lipinski definition) is 5. The molecule has 0 aliphatic heterocycles. The number of methoxy groups -OCH3 is 1. The van der Waals surface area contributed by atoms with Crippen LogP contribution in [0.2, 0.25) is 0 Å². The third kappa shape index (κ3) is 4.44. The molecule has 0 fully saturated rings. The molecule has 0 saturated carbocycles. The van der Waals surface area contributed by atoms with Crippen molar-refractivity contribution in [1.29, 1.82) is 0 Å². The molecule has 0 radical (unpaired) electrons. The zero-order valence-electron chi connectivity index (χ0n) is 16.9. The Morgan fingerprint density at radius 2 is 1.80 bits per heavy atom. The normalized spacial score (nSPS) is 10.7. The van der Waals surface area contributed by atoms with Gasteiger partial charge in [-0.25, -0.2) is 4.98 Å². The van der Waals surface area contributed by atoms with Gasteiger partial charge in [0.2, 0.25) is 0 Å². The van der Waals surface area contributed by atoms with Crippen molar-refractivity contribution >= 4 is 32.6 Å². The molecule has 6 heteroatoms. The summed E-state index contributed by atoms with van der Waals surface area (Å²) in [5.74, 6) is 1.33. The van der Waals surface area contributed by atoms with Crippen LogP contribution in [-0.4, -0.2) is 24.6 Å². The minimum Gasteiger partial charge on any atom is -0.497 e. The van der Waals surface area contributed by atoms with Crippen molar-refractivity contribution in [3.63, 3.8) is 0 Å². The van der Waals surface area contributed by atoms with Gasteiger partial charge in [0.05, 0.1) is 23.9 Å². The molecular formula is C24H22N2O3S. The van der Waals surface area contributed by atoms with Crippen LogP contribution in [0.4, 0.5) is 5.13 Å². The maximum Gasteiger partial charge on any atom is 0.267 e. The first kappa shape index (κ1) is 19.9. The maximum atomic E-state index is 13.2. The molecule has 0 unspecified atom stereocenters. The van der Waals surface area contributed by atoms with Gasteiger partial charge in [0.25, 0.3) is 5.91 Å². The lowest BCUT2D eigenvalue weighted by Crippen LogP contribution is -2.34. The zero-order chi connectivity index (χ0) is 20.9. The molecule has 0 spiro atoms. The quantitative estimate of drug-likeness (QED) is 0.413. The van der Waals surface area contributed by atoms with Gasteiger partial charge in [-0.3, -0.25) is 9.69 Å². The molecule has 30 heavy (non-hydrogen) atoms. The van der Waals surface area contributed by atoms with E-state index in [1.165, 1.54) is 11.3 Å². The smallest absolute Gasteiger partial charge is 0.267 e. The minimum atomic E-state index is -0.145. The Balaban J connectivity index is 1.62. The standard InChI is InChI=1S/C24H22N2O3S/c1-17-8-6-7-11-21(17)29-16-23(27)26(15-18-9-4-3-5-10-18)24-25-20-13-12-19(28-2)14-22(20)30-24/h3-14H,15-16H2,1-2H3. The number of amides is 1. The number of benzene rings is 3. The highest BCUT2D eigenvalue weighted by Gasteiger charge is 2.21. The van der Waals surface area contributed by atoms with E-state index < -0.39 is 0 Å². The summed E-state index contributed by atoms with van der Waals surface area (Å²) in [4.78, 5) is 19.6. The minimum absolute atomic E-state index is 0.0586. The van der Waals surface area contributed by atoms with Crippen molar-refractivity contribution in [3.8, 4) is 11.5 Å². The molecule has 3 aromatic carbocycles. The van der Waals surface area contributed by atoms with E-state index in [1.54, 1.807) is 12.0 Å². The number of thiazole rings is 1. The molecule has 0 bridgehead atoms. The molecule has 1 heterocycles. The van der Waals surface area contributed by atoms with Crippen LogP contribution in [0.3, 0.4) is 0 Å². The van der Waals surface area contributed by atoms with Crippen LogP contribution in [0.5, 0.6) is 11.5 Å². The Kier molecular flexibility index (Phi) is 5.95. The van der Waals surface area contributed by atoms with Crippen LogP contribution in [0, 0.1) is 6.92 Å². The molecule has 4 aromatic rings. The molecule has 152 valence electrons. The van der Waals surface area contributed by atoms with Crippen molar-refractivity contribution < 1.29 is 14.3 Å². The van der Waals surface area contributed by atoms with Crippen molar-refractivity contribution in [2.45, 2.75) is 13.5 Å². The molecule has 0 saturated heterocycles. The van der Waals surface area contributed by atoms with Gasteiger partial charge in [0.15, 0.2) is 11.7 Å². The number of rotatable bonds is 7. The van der Waals surface area contributed by atoms with Gasteiger partial charge in [-0.2, -0.15) is 0 Å². The lowest BCUT2D eigenvalue weighted by Gasteiger charge is -2.20. The largest absolute Gasteiger partial charge is 0.497 e.